The molecule has 0 saturated heterocycles. The van der Waals surface area contributed by atoms with Crippen LogP contribution in [0.3, 0.4) is 0 Å². The van der Waals surface area contributed by atoms with Crippen LogP contribution in [-0.2, 0) is 9.78 Å². The first-order chi connectivity index (χ1) is 8.15. The minimum Gasteiger partial charge on any atom is -0.282 e. The largest absolute Gasteiger partial charge is 0.282 e. The maximum Gasteiger partial charge on any atom is 0.153 e. The molecule has 94 valence electrons. The number of hydrogen-bond donors (Lipinski definition) is 0. The lowest BCUT2D eigenvalue weighted by Gasteiger charge is -2.44. The fourth-order valence-corrected chi connectivity index (χ4v) is 3.33. The summed E-state index contributed by atoms with van der Waals surface area (Å²) in [5, 5.41) is 0. The quantitative estimate of drug-likeness (QED) is 0.315. The van der Waals surface area contributed by atoms with Crippen LogP contribution in [0.15, 0.2) is 11.6 Å². The molecule has 0 heterocycles. The van der Waals surface area contributed by atoms with Crippen molar-refractivity contribution in [2.45, 2.75) is 46.1 Å². The second-order valence-electron chi connectivity index (χ2n) is 5.65. The Morgan fingerprint density at radius 2 is 2.06 bits per heavy atom. The predicted octanol–water partition coefficient (Wildman–Crippen LogP) is 3.54. The van der Waals surface area contributed by atoms with Gasteiger partial charge in [-0.05, 0) is 37.0 Å². The van der Waals surface area contributed by atoms with Gasteiger partial charge < -0.3 is 0 Å². The summed E-state index contributed by atoms with van der Waals surface area (Å²) in [6.07, 6.45) is 13.3. The molecule has 0 bridgehead atoms. The van der Waals surface area contributed by atoms with Gasteiger partial charge in [0.1, 0.15) is 6.10 Å². The smallest absolute Gasteiger partial charge is 0.153 e. The molecular weight excluding hydrogens is 212 g/mol. The third-order valence-corrected chi connectivity index (χ3v) is 4.65. The fourth-order valence-electron chi connectivity index (χ4n) is 3.33. The van der Waals surface area contributed by atoms with Crippen molar-refractivity contribution in [1.82, 2.24) is 0 Å². The zero-order valence-electron chi connectivity index (χ0n) is 11.0. The van der Waals surface area contributed by atoms with E-state index in [9.17, 15) is 0 Å². The van der Waals surface area contributed by atoms with Gasteiger partial charge in [0.15, 0.2) is 6.11 Å². The van der Waals surface area contributed by atoms with Crippen LogP contribution in [0.2, 0.25) is 0 Å². The molecule has 5 atom stereocenters. The van der Waals surface area contributed by atoms with Gasteiger partial charge in [-0.25, -0.2) is 0 Å². The van der Waals surface area contributed by atoms with Crippen molar-refractivity contribution in [2.75, 3.05) is 0 Å². The SMILES string of the molecule is C#COOC1C(C)CC=C2CCC(C)C(C)C21. The van der Waals surface area contributed by atoms with E-state index in [-0.39, 0.29) is 6.10 Å². The first-order valence-electron chi connectivity index (χ1n) is 6.62. The highest BCUT2D eigenvalue weighted by Gasteiger charge is 2.42. The molecule has 2 rings (SSSR count). The van der Waals surface area contributed by atoms with Gasteiger partial charge >= 0.3 is 0 Å². The van der Waals surface area contributed by atoms with Crippen LogP contribution < -0.4 is 0 Å². The molecule has 2 heteroatoms. The number of allylic oxidation sites excluding steroid dienone is 1. The van der Waals surface area contributed by atoms with Crippen LogP contribution in [0.5, 0.6) is 0 Å². The van der Waals surface area contributed by atoms with Crippen LogP contribution in [0, 0.1) is 36.2 Å². The van der Waals surface area contributed by atoms with E-state index >= 15 is 0 Å². The highest BCUT2D eigenvalue weighted by atomic mass is 17.2. The normalized spacial score (nSPS) is 41.1. The Labute approximate surface area is 104 Å². The standard InChI is InChI=1S/C15H22O2/c1-5-16-17-15-11(3)7-9-13-8-6-10(2)12(4)14(13)15/h1,9-12,14-15H,6-8H2,2-4H3. The molecule has 0 N–H and O–H groups in total. The van der Waals surface area contributed by atoms with Crippen molar-refractivity contribution >= 4 is 0 Å². The Hall–Kier alpha value is -0.940. The molecule has 0 aromatic carbocycles. The van der Waals surface area contributed by atoms with E-state index in [1.807, 2.05) is 0 Å². The molecule has 1 fully saturated rings. The van der Waals surface area contributed by atoms with E-state index < -0.39 is 0 Å². The van der Waals surface area contributed by atoms with Crippen molar-refractivity contribution in [1.29, 1.82) is 0 Å². The van der Waals surface area contributed by atoms with Gasteiger partial charge in [-0.2, -0.15) is 4.89 Å². The number of fused-ring (bicyclic) bond motifs is 1. The van der Waals surface area contributed by atoms with Crippen molar-refractivity contribution < 1.29 is 9.78 Å². The molecule has 0 spiro atoms. The molecule has 0 aromatic rings. The summed E-state index contributed by atoms with van der Waals surface area (Å²) in [7, 11) is 0. The summed E-state index contributed by atoms with van der Waals surface area (Å²) in [6, 6.07) is 0. The van der Waals surface area contributed by atoms with E-state index in [0.717, 1.165) is 12.3 Å². The van der Waals surface area contributed by atoms with Crippen LogP contribution >= 0.6 is 0 Å². The monoisotopic (exact) mass is 234 g/mol. The Kier molecular flexibility index (Phi) is 3.79. The fraction of sp³-hybridized carbons (Fsp3) is 0.733. The zero-order chi connectivity index (χ0) is 12.4. The maximum atomic E-state index is 5.46. The van der Waals surface area contributed by atoms with Crippen LogP contribution in [0.25, 0.3) is 0 Å². The molecule has 5 unspecified atom stereocenters. The average Bonchev–Trinajstić information content (AvgIpc) is 2.33. The minimum absolute atomic E-state index is 0.115. The predicted molar refractivity (Wildman–Crippen MR) is 67.7 cm³/mol. The molecule has 17 heavy (non-hydrogen) atoms. The molecule has 0 aromatic heterocycles. The third-order valence-electron chi connectivity index (χ3n) is 4.65. The van der Waals surface area contributed by atoms with Gasteiger partial charge in [0, 0.05) is 5.92 Å². The summed E-state index contributed by atoms with van der Waals surface area (Å²) in [5.41, 5.74) is 1.55. The van der Waals surface area contributed by atoms with Crippen molar-refractivity contribution in [3.8, 4) is 12.5 Å². The highest BCUT2D eigenvalue weighted by molar-refractivity contribution is 5.18. The van der Waals surface area contributed by atoms with E-state index in [1.54, 1.807) is 5.57 Å². The second-order valence-corrected chi connectivity index (χ2v) is 5.65. The minimum atomic E-state index is 0.115. The van der Waals surface area contributed by atoms with Crippen LogP contribution in [0.1, 0.15) is 40.0 Å². The zero-order valence-corrected chi connectivity index (χ0v) is 11.0. The Bertz CT molecular complexity index is 339. The Balaban J connectivity index is 2.19. The van der Waals surface area contributed by atoms with Crippen LogP contribution in [-0.4, -0.2) is 6.10 Å². The first kappa shape index (κ1) is 12.5. The lowest BCUT2D eigenvalue weighted by atomic mass is 9.64. The molecule has 2 aliphatic rings. The molecule has 2 aliphatic carbocycles. The van der Waals surface area contributed by atoms with Gasteiger partial charge in [0.05, 0.1) is 0 Å². The van der Waals surface area contributed by atoms with E-state index in [1.165, 1.54) is 12.8 Å². The molecule has 1 saturated carbocycles. The average molecular weight is 234 g/mol. The van der Waals surface area contributed by atoms with Gasteiger partial charge in [0.25, 0.3) is 0 Å². The summed E-state index contributed by atoms with van der Waals surface area (Å²) in [6.45, 7) is 6.87. The van der Waals surface area contributed by atoms with Crippen LogP contribution in [0.4, 0.5) is 0 Å². The number of terminal acetylenes is 1. The molecule has 0 radical (unpaired) electrons. The van der Waals surface area contributed by atoms with Gasteiger partial charge in [-0.1, -0.05) is 38.8 Å². The van der Waals surface area contributed by atoms with Gasteiger partial charge in [0.2, 0.25) is 0 Å². The van der Waals surface area contributed by atoms with Crippen molar-refractivity contribution in [3.05, 3.63) is 11.6 Å². The van der Waals surface area contributed by atoms with Gasteiger partial charge in [-0.3, -0.25) is 4.89 Å². The topological polar surface area (TPSA) is 18.5 Å². The van der Waals surface area contributed by atoms with E-state index in [4.69, 9.17) is 16.2 Å². The Morgan fingerprint density at radius 1 is 1.29 bits per heavy atom. The maximum absolute atomic E-state index is 5.46. The highest BCUT2D eigenvalue weighted by Crippen LogP contribution is 2.45. The third kappa shape index (κ3) is 2.35. The molecular formula is C15H22O2. The summed E-state index contributed by atoms with van der Waals surface area (Å²) in [5.74, 6) is 2.35. The molecule has 2 nitrogen and oxygen atoms in total. The summed E-state index contributed by atoms with van der Waals surface area (Å²) >= 11 is 0. The van der Waals surface area contributed by atoms with E-state index in [2.05, 4.69) is 33.0 Å². The number of rotatable bonds is 2. The lowest BCUT2D eigenvalue weighted by molar-refractivity contribution is -0.298. The molecule has 0 amide bonds. The van der Waals surface area contributed by atoms with Crippen molar-refractivity contribution in [2.24, 2.45) is 23.7 Å². The van der Waals surface area contributed by atoms with E-state index in [0.29, 0.717) is 17.8 Å². The number of hydrogen-bond acceptors (Lipinski definition) is 2. The van der Waals surface area contributed by atoms with Crippen molar-refractivity contribution in [3.63, 3.8) is 0 Å². The summed E-state index contributed by atoms with van der Waals surface area (Å²) in [4.78, 5) is 10.2. The first-order valence-corrected chi connectivity index (χ1v) is 6.62. The summed E-state index contributed by atoms with van der Waals surface area (Å²) < 4.78 is 0. The lowest BCUT2D eigenvalue weighted by Crippen LogP contribution is -2.42. The Morgan fingerprint density at radius 3 is 2.76 bits per heavy atom. The molecule has 0 aliphatic heterocycles. The second kappa shape index (κ2) is 5.14. The van der Waals surface area contributed by atoms with Gasteiger partial charge in [-0.15, -0.1) is 0 Å².